The van der Waals surface area contributed by atoms with Gasteiger partial charge in [-0.25, -0.2) is 9.78 Å². The molecule has 1 aromatic heterocycles. The maximum Gasteiger partial charge on any atom is 0.358 e. The molecule has 1 aliphatic rings. The van der Waals surface area contributed by atoms with Crippen LogP contribution >= 0.6 is 0 Å². The monoisotopic (exact) mass is 476 g/mol. The van der Waals surface area contributed by atoms with E-state index in [1.807, 2.05) is 13.1 Å². The van der Waals surface area contributed by atoms with Crippen molar-refractivity contribution in [2.45, 2.75) is 70.6 Å². The largest absolute Gasteiger partial charge is 0.461 e. The van der Waals surface area contributed by atoms with E-state index in [2.05, 4.69) is 91.0 Å². The number of hydrogen-bond acceptors (Lipinski definition) is 4. The first-order valence-electron chi connectivity index (χ1n) is 12.3. The van der Waals surface area contributed by atoms with Gasteiger partial charge in [-0.3, -0.25) is 0 Å². The van der Waals surface area contributed by atoms with E-state index in [9.17, 15) is 4.79 Å². The lowest BCUT2D eigenvalue weighted by atomic mass is 9.93. The molecule has 1 heterocycles. The maximum absolute atomic E-state index is 12.0. The summed E-state index contributed by atoms with van der Waals surface area (Å²) >= 11 is 0. The van der Waals surface area contributed by atoms with Crippen LogP contribution in [0.3, 0.4) is 0 Å². The van der Waals surface area contributed by atoms with Crippen molar-refractivity contribution < 1.29 is 14.0 Å². The fourth-order valence-corrected chi connectivity index (χ4v) is 10.00. The second-order valence-corrected chi connectivity index (χ2v) is 14.4. The lowest BCUT2D eigenvalue weighted by molar-refractivity contribution is 0.0519. The molecule has 1 saturated carbocycles. The van der Waals surface area contributed by atoms with Crippen LogP contribution in [0, 0.1) is 0 Å². The Morgan fingerprint density at radius 3 is 2.03 bits per heavy atom. The van der Waals surface area contributed by atoms with Crippen molar-refractivity contribution in [1.29, 1.82) is 0 Å². The number of carbonyl (C=O) groups is 1. The molecule has 0 spiro atoms. The summed E-state index contributed by atoms with van der Waals surface area (Å²) in [7, 11) is -2.54. The Kier molecular flexibility index (Phi) is 7.38. The van der Waals surface area contributed by atoms with Crippen LogP contribution in [0.15, 0.2) is 73.2 Å². The van der Waals surface area contributed by atoms with Crippen LogP contribution in [-0.4, -0.2) is 36.5 Å². The predicted octanol–water partition coefficient (Wildman–Crippen LogP) is 5.12. The Hall–Kier alpha value is -2.70. The van der Waals surface area contributed by atoms with Gasteiger partial charge in [-0.15, -0.1) is 0 Å². The third-order valence-corrected chi connectivity index (χ3v) is 12.0. The van der Waals surface area contributed by atoms with Crippen molar-refractivity contribution in [3.8, 4) is 0 Å². The number of benzene rings is 2. The first kappa shape index (κ1) is 24.4. The molecule has 0 atom stereocenters. The van der Waals surface area contributed by atoms with Gasteiger partial charge < -0.3 is 13.7 Å². The molecule has 34 heavy (non-hydrogen) atoms. The van der Waals surface area contributed by atoms with Gasteiger partial charge in [-0.2, -0.15) is 0 Å². The summed E-state index contributed by atoms with van der Waals surface area (Å²) in [6, 6.07) is 22.0. The number of carbonyl (C=O) groups excluding carboxylic acids is 1. The molecule has 0 unspecified atom stereocenters. The third kappa shape index (κ3) is 4.89. The fraction of sp³-hybridized carbons (Fsp3) is 0.429. The van der Waals surface area contributed by atoms with Gasteiger partial charge in [0, 0.05) is 18.3 Å². The van der Waals surface area contributed by atoms with Gasteiger partial charge >= 0.3 is 5.97 Å². The predicted molar refractivity (Wildman–Crippen MR) is 138 cm³/mol. The molecule has 0 amide bonds. The van der Waals surface area contributed by atoms with Crippen LogP contribution in [-0.2, 0) is 9.16 Å². The highest BCUT2D eigenvalue weighted by atomic mass is 28.4. The highest BCUT2D eigenvalue weighted by Gasteiger charge is 2.51. The molecule has 180 valence electrons. The average molecular weight is 477 g/mol. The molecule has 2 aromatic carbocycles. The quantitative estimate of drug-likeness (QED) is 0.351. The van der Waals surface area contributed by atoms with Crippen LogP contribution in [0.1, 0.15) is 69.9 Å². The Morgan fingerprint density at radius 2 is 1.53 bits per heavy atom. The minimum atomic E-state index is -2.54. The topological polar surface area (TPSA) is 53.4 Å². The van der Waals surface area contributed by atoms with Crippen molar-refractivity contribution >= 4 is 24.7 Å². The molecule has 0 aliphatic heterocycles. The van der Waals surface area contributed by atoms with Gasteiger partial charge in [0.1, 0.15) is 0 Å². The van der Waals surface area contributed by atoms with E-state index in [1.54, 1.807) is 6.33 Å². The van der Waals surface area contributed by atoms with E-state index in [-0.39, 0.29) is 17.1 Å². The van der Waals surface area contributed by atoms with Crippen LogP contribution < -0.4 is 10.4 Å². The van der Waals surface area contributed by atoms with E-state index in [0.29, 0.717) is 18.3 Å². The molecule has 6 heteroatoms. The average Bonchev–Trinajstić information content (AvgIpc) is 3.34. The molecule has 0 saturated heterocycles. The van der Waals surface area contributed by atoms with Crippen molar-refractivity contribution in [3.05, 3.63) is 78.9 Å². The number of nitrogens with zero attached hydrogens (tertiary/aromatic N) is 2. The molecule has 4 rings (SSSR count). The van der Waals surface area contributed by atoms with Gasteiger partial charge in [0.2, 0.25) is 0 Å². The SMILES string of the molecule is CCOC(=O)c1cn([C@H]2CC[C@@H](O[Si](c3ccccc3)(c3ccccc3)C(C)(C)C)CC2)cn1. The van der Waals surface area contributed by atoms with Crippen LogP contribution in [0.4, 0.5) is 0 Å². The van der Waals surface area contributed by atoms with Crippen molar-refractivity contribution in [3.63, 3.8) is 0 Å². The molecule has 0 bridgehead atoms. The van der Waals surface area contributed by atoms with Gasteiger partial charge in [0.15, 0.2) is 5.69 Å². The zero-order valence-corrected chi connectivity index (χ0v) is 21.7. The summed E-state index contributed by atoms with van der Waals surface area (Å²) in [5.41, 5.74) is 0.382. The van der Waals surface area contributed by atoms with Gasteiger partial charge in [0.05, 0.1) is 12.9 Å². The normalized spacial score (nSPS) is 19.1. The van der Waals surface area contributed by atoms with Gasteiger partial charge in [0.25, 0.3) is 8.32 Å². The summed E-state index contributed by atoms with van der Waals surface area (Å²) in [4.78, 5) is 16.3. The number of esters is 1. The number of ether oxygens (including phenoxy) is 1. The summed E-state index contributed by atoms with van der Waals surface area (Å²) in [6.07, 6.45) is 7.77. The van der Waals surface area contributed by atoms with Crippen molar-refractivity contribution in [1.82, 2.24) is 9.55 Å². The van der Waals surface area contributed by atoms with Gasteiger partial charge in [-0.05, 0) is 48.0 Å². The van der Waals surface area contributed by atoms with E-state index in [4.69, 9.17) is 9.16 Å². The Morgan fingerprint density at radius 1 is 0.971 bits per heavy atom. The highest BCUT2D eigenvalue weighted by molar-refractivity contribution is 6.99. The van der Waals surface area contributed by atoms with Crippen molar-refractivity contribution in [2.75, 3.05) is 6.61 Å². The number of imidazole rings is 1. The highest BCUT2D eigenvalue weighted by Crippen LogP contribution is 2.40. The second-order valence-electron chi connectivity index (χ2n) is 10.1. The third-order valence-electron chi connectivity index (χ3n) is 6.91. The van der Waals surface area contributed by atoms with Crippen molar-refractivity contribution in [2.24, 2.45) is 0 Å². The van der Waals surface area contributed by atoms with E-state index in [0.717, 1.165) is 25.7 Å². The van der Waals surface area contributed by atoms with E-state index >= 15 is 0 Å². The molecule has 5 nitrogen and oxygen atoms in total. The maximum atomic E-state index is 12.0. The second kappa shape index (κ2) is 10.3. The summed E-state index contributed by atoms with van der Waals surface area (Å²) in [5, 5.41) is 2.62. The first-order chi connectivity index (χ1) is 16.3. The molecule has 0 N–H and O–H groups in total. The van der Waals surface area contributed by atoms with Crippen LogP contribution in [0.5, 0.6) is 0 Å². The van der Waals surface area contributed by atoms with E-state index in [1.165, 1.54) is 10.4 Å². The standard InChI is InChI=1S/C28H36N2O3Si/c1-5-32-27(31)26-20-30(21-29-26)22-16-18-23(19-17-22)33-34(28(2,3)4,24-12-8-6-9-13-24)25-14-10-7-11-15-25/h6-15,20-23H,5,16-19H2,1-4H3/t22-,23+. The summed E-state index contributed by atoms with van der Waals surface area (Å²) < 4.78 is 14.5. The minimum absolute atomic E-state index is 0.0224. The minimum Gasteiger partial charge on any atom is -0.461 e. The van der Waals surface area contributed by atoms with E-state index < -0.39 is 8.32 Å². The molecule has 0 radical (unpaired) electrons. The molecule has 1 aliphatic carbocycles. The first-order valence-corrected chi connectivity index (χ1v) is 14.3. The molecular weight excluding hydrogens is 440 g/mol. The Bertz CT molecular complexity index is 1030. The van der Waals surface area contributed by atoms with Crippen LogP contribution in [0.2, 0.25) is 5.04 Å². The lowest BCUT2D eigenvalue weighted by Crippen LogP contribution is -2.67. The fourth-order valence-electron chi connectivity index (χ4n) is 5.25. The summed E-state index contributed by atoms with van der Waals surface area (Å²) in [6.45, 7) is 9.14. The molecule has 1 fully saturated rings. The number of rotatable bonds is 7. The Balaban J connectivity index is 1.56. The number of hydrogen-bond donors (Lipinski definition) is 0. The van der Waals surface area contributed by atoms with Crippen LogP contribution in [0.25, 0.3) is 0 Å². The number of aromatic nitrogens is 2. The summed E-state index contributed by atoms with van der Waals surface area (Å²) in [5.74, 6) is -0.357. The smallest absolute Gasteiger partial charge is 0.358 e. The zero-order chi connectivity index (χ0) is 24.2. The van der Waals surface area contributed by atoms with Gasteiger partial charge in [-0.1, -0.05) is 81.4 Å². The molecule has 3 aromatic rings. The zero-order valence-electron chi connectivity index (χ0n) is 20.7. The molecular formula is C28H36N2O3Si. The Labute approximate surface area is 204 Å². The lowest BCUT2D eigenvalue weighted by Gasteiger charge is -2.46.